The first kappa shape index (κ1) is 27.9. The number of nitrogens with zero attached hydrogens (tertiary/aromatic N) is 3. The van der Waals surface area contributed by atoms with Gasteiger partial charge in [-0.1, -0.05) is 35.5 Å². The fourth-order valence-electron chi connectivity index (χ4n) is 3.66. The van der Waals surface area contributed by atoms with E-state index in [1.807, 2.05) is 43.5 Å². The van der Waals surface area contributed by atoms with Gasteiger partial charge in [-0.05, 0) is 44.9 Å². The number of benzene rings is 1. The topological polar surface area (TPSA) is 138 Å². The number of allylic oxidation sites excluding steroid dienone is 1. The SMILES string of the molecule is C=CCn1c(SCC(=O)Nc2sc(C(N)=O)c(C)c2C(=O)OC)nnc1C(C)Oc1ccc(C)cc1C. The van der Waals surface area contributed by atoms with Gasteiger partial charge < -0.3 is 20.5 Å². The van der Waals surface area contributed by atoms with Gasteiger partial charge in [-0.25, -0.2) is 4.79 Å². The predicted molar refractivity (Wildman–Crippen MR) is 143 cm³/mol. The lowest BCUT2D eigenvalue weighted by Gasteiger charge is -2.17. The summed E-state index contributed by atoms with van der Waals surface area (Å²) >= 11 is 2.10. The zero-order valence-corrected chi connectivity index (χ0v) is 22.9. The van der Waals surface area contributed by atoms with Gasteiger partial charge in [0.15, 0.2) is 17.1 Å². The molecular formula is C25H29N5O5S2. The molecule has 1 atom stereocenters. The number of thioether (sulfide) groups is 1. The van der Waals surface area contributed by atoms with Crippen LogP contribution >= 0.6 is 23.1 Å². The number of aryl methyl sites for hydroxylation is 2. The summed E-state index contributed by atoms with van der Waals surface area (Å²) in [4.78, 5) is 36.9. The number of aromatic nitrogens is 3. The third-order valence-corrected chi connectivity index (χ3v) is 7.59. The summed E-state index contributed by atoms with van der Waals surface area (Å²) in [6.07, 6.45) is 1.31. The number of nitrogens with two attached hydrogens (primary N) is 1. The Morgan fingerprint density at radius 2 is 2.00 bits per heavy atom. The van der Waals surface area contributed by atoms with Crippen molar-refractivity contribution in [2.75, 3.05) is 18.2 Å². The third kappa shape index (κ3) is 6.38. The summed E-state index contributed by atoms with van der Waals surface area (Å²) in [6.45, 7) is 11.7. The Kier molecular flexibility index (Phi) is 9.11. The molecule has 1 unspecified atom stereocenters. The molecule has 0 aliphatic heterocycles. The summed E-state index contributed by atoms with van der Waals surface area (Å²) in [5.41, 5.74) is 8.03. The van der Waals surface area contributed by atoms with Crippen LogP contribution < -0.4 is 15.8 Å². The standard InChI is InChI=1S/C25H29N5O5S2/c1-7-10-30-22(16(5)35-17-9-8-13(2)11-14(17)3)28-29-25(30)36-12-18(31)27-23-19(24(33)34-6)15(4)20(37-23)21(26)32/h7-9,11,16H,1,10,12H2,2-6H3,(H2,26,32)(H,27,31). The summed E-state index contributed by atoms with van der Waals surface area (Å²) < 4.78 is 12.8. The Balaban J connectivity index is 1.75. The van der Waals surface area contributed by atoms with E-state index in [2.05, 4.69) is 22.1 Å². The Morgan fingerprint density at radius 1 is 1.27 bits per heavy atom. The van der Waals surface area contributed by atoms with E-state index in [0.29, 0.717) is 23.1 Å². The van der Waals surface area contributed by atoms with Crippen molar-refractivity contribution in [3.8, 4) is 5.75 Å². The maximum absolute atomic E-state index is 12.8. The summed E-state index contributed by atoms with van der Waals surface area (Å²) in [5, 5.41) is 11.9. The second-order valence-corrected chi connectivity index (χ2v) is 10.2. The number of amides is 2. The van der Waals surface area contributed by atoms with Crippen molar-refractivity contribution in [3.63, 3.8) is 0 Å². The number of hydrogen-bond acceptors (Lipinski definition) is 9. The molecule has 0 radical (unpaired) electrons. The molecular weight excluding hydrogens is 514 g/mol. The third-order valence-electron chi connectivity index (χ3n) is 5.40. The van der Waals surface area contributed by atoms with E-state index in [-0.39, 0.29) is 21.2 Å². The van der Waals surface area contributed by atoms with Gasteiger partial charge in [0.1, 0.15) is 10.8 Å². The van der Waals surface area contributed by atoms with Gasteiger partial charge in [0.25, 0.3) is 5.91 Å². The van der Waals surface area contributed by atoms with Crippen LogP contribution in [0.5, 0.6) is 5.75 Å². The van der Waals surface area contributed by atoms with Crippen molar-refractivity contribution >= 4 is 45.9 Å². The van der Waals surface area contributed by atoms with Crippen molar-refractivity contribution in [3.05, 3.63) is 63.8 Å². The minimum Gasteiger partial charge on any atom is -0.482 e. The molecule has 0 saturated carbocycles. The molecule has 3 rings (SSSR count). The van der Waals surface area contributed by atoms with Crippen LogP contribution in [0.15, 0.2) is 36.0 Å². The minimum atomic E-state index is -0.690. The largest absolute Gasteiger partial charge is 0.482 e. The van der Waals surface area contributed by atoms with E-state index < -0.39 is 23.9 Å². The molecule has 10 nitrogen and oxygen atoms in total. The van der Waals surface area contributed by atoms with E-state index in [9.17, 15) is 14.4 Å². The highest BCUT2D eigenvalue weighted by Gasteiger charge is 2.26. The number of primary amides is 1. The van der Waals surface area contributed by atoms with Gasteiger partial charge in [-0.15, -0.1) is 28.1 Å². The molecule has 0 aliphatic carbocycles. The van der Waals surface area contributed by atoms with E-state index in [4.69, 9.17) is 15.2 Å². The van der Waals surface area contributed by atoms with Crippen molar-refractivity contribution in [2.24, 2.45) is 5.73 Å². The summed E-state index contributed by atoms with van der Waals surface area (Å²) in [6, 6.07) is 5.95. The average Bonchev–Trinajstić information content (AvgIpc) is 3.39. The van der Waals surface area contributed by atoms with Crippen molar-refractivity contribution < 1.29 is 23.9 Å². The lowest BCUT2D eigenvalue weighted by atomic mass is 10.1. The predicted octanol–water partition coefficient (Wildman–Crippen LogP) is 4.21. The molecule has 0 spiro atoms. The van der Waals surface area contributed by atoms with Crippen LogP contribution in [0.4, 0.5) is 5.00 Å². The van der Waals surface area contributed by atoms with Gasteiger partial charge >= 0.3 is 5.97 Å². The van der Waals surface area contributed by atoms with Crippen LogP contribution in [0.3, 0.4) is 0 Å². The van der Waals surface area contributed by atoms with Gasteiger partial charge in [-0.3, -0.25) is 14.2 Å². The van der Waals surface area contributed by atoms with Crippen LogP contribution in [0.1, 0.15) is 55.6 Å². The van der Waals surface area contributed by atoms with E-state index in [0.717, 1.165) is 28.2 Å². The van der Waals surface area contributed by atoms with E-state index in [1.165, 1.54) is 18.9 Å². The Labute approximate surface area is 223 Å². The quantitative estimate of drug-likeness (QED) is 0.208. The molecule has 0 aliphatic rings. The van der Waals surface area contributed by atoms with Crippen molar-refractivity contribution in [1.82, 2.24) is 14.8 Å². The number of nitrogens with one attached hydrogen (secondary N) is 1. The fraction of sp³-hybridized carbons (Fsp3) is 0.320. The number of carbonyl (C=O) groups excluding carboxylic acids is 3. The molecule has 0 saturated heterocycles. The molecule has 2 heterocycles. The fourth-order valence-corrected chi connectivity index (χ4v) is 5.48. The molecule has 0 bridgehead atoms. The number of rotatable bonds is 11. The first-order valence-electron chi connectivity index (χ1n) is 11.3. The lowest BCUT2D eigenvalue weighted by Crippen LogP contribution is -2.17. The molecule has 12 heteroatoms. The molecule has 0 fully saturated rings. The second kappa shape index (κ2) is 12.1. The number of hydrogen-bond donors (Lipinski definition) is 2. The highest BCUT2D eigenvalue weighted by Crippen LogP contribution is 2.34. The van der Waals surface area contributed by atoms with Crippen LogP contribution in [0.25, 0.3) is 0 Å². The smallest absolute Gasteiger partial charge is 0.341 e. The number of esters is 1. The maximum atomic E-state index is 12.8. The Hall–Kier alpha value is -3.64. The molecule has 37 heavy (non-hydrogen) atoms. The van der Waals surface area contributed by atoms with Crippen molar-refractivity contribution in [2.45, 2.75) is 45.5 Å². The number of thiophene rings is 1. The molecule has 1 aromatic carbocycles. The van der Waals surface area contributed by atoms with Crippen LogP contribution in [-0.4, -0.2) is 45.4 Å². The summed E-state index contributed by atoms with van der Waals surface area (Å²) in [7, 11) is 1.22. The number of methoxy groups -OCH3 is 1. The van der Waals surface area contributed by atoms with Crippen molar-refractivity contribution in [1.29, 1.82) is 0 Å². The molecule has 3 aromatic rings. The number of anilines is 1. The van der Waals surface area contributed by atoms with Crippen LogP contribution in [0.2, 0.25) is 0 Å². The van der Waals surface area contributed by atoms with Gasteiger partial charge in [-0.2, -0.15) is 0 Å². The summed E-state index contributed by atoms with van der Waals surface area (Å²) in [5.74, 6) is -0.437. The van der Waals surface area contributed by atoms with Gasteiger partial charge in [0.05, 0.1) is 23.3 Å². The monoisotopic (exact) mass is 543 g/mol. The molecule has 2 aromatic heterocycles. The van der Waals surface area contributed by atoms with Gasteiger partial charge in [0.2, 0.25) is 5.91 Å². The zero-order chi connectivity index (χ0) is 27.3. The van der Waals surface area contributed by atoms with Crippen LogP contribution in [-0.2, 0) is 16.1 Å². The number of ether oxygens (including phenoxy) is 2. The Bertz CT molecular complexity index is 1350. The normalized spacial score (nSPS) is 11.6. The van der Waals surface area contributed by atoms with Gasteiger partial charge in [0, 0.05) is 6.54 Å². The van der Waals surface area contributed by atoms with Crippen LogP contribution in [0, 0.1) is 20.8 Å². The lowest BCUT2D eigenvalue weighted by molar-refractivity contribution is -0.113. The zero-order valence-electron chi connectivity index (χ0n) is 21.3. The average molecular weight is 544 g/mol. The first-order chi connectivity index (χ1) is 17.6. The second-order valence-electron chi connectivity index (χ2n) is 8.22. The highest BCUT2D eigenvalue weighted by atomic mass is 32.2. The number of carbonyl (C=O) groups is 3. The minimum absolute atomic E-state index is 0.0228. The Morgan fingerprint density at radius 3 is 2.62 bits per heavy atom. The van der Waals surface area contributed by atoms with E-state index in [1.54, 1.807) is 13.0 Å². The van der Waals surface area contributed by atoms with E-state index >= 15 is 0 Å². The maximum Gasteiger partial charge on any atom is 0.341 e. The molecule has 196 valence electrons. The molecule has 2 amide bonds. The first-order valence-corrected chi connectivity index (χ1v) is 13.1. The highest BCUT2D eigenvalue weighted by molar-refractivity contribution is 7.99. The molecule has 3 N–H and O–H groups in total.